The topological polar surface area (TPSA) is 69.9 Å². The van der Waals surface area contributed by atoms with Gasteiger partial charge >= 0.3 is 0 Å². The second-order valence-corrected chi connectivity index (χ2v) is 11.9. The molecule has 0 unspecified atom stereocenters. The van der Waals surface area contributed by atoms with Crippen LogP contribution in [0.5, 0.6) is 0 Å². The van der Waals surface area contributed by atoms with Gasteiger partial charge in [0.15, 0.2) is 11.6 Å². The van der Waals surface area contributed by atoms with E-state index in [0.717, 1.165) is 21.5 Å². The molecule has 0 bridgehead atoms. The van der Waals surface area contributed by atoms with Gasteiger partial charge in [0.05, 0.1) is 31.5 Å². The molecule has 238 valence electrons. The van der Waals surface area contributed by atoms with Crippen molar-refractivity contribution in [1.29, 1.82) is 0 Å². The lowest BCUT2D eigenvalue weighted by molar-refractivity contribution is 0.669. The Hall–Kier alpha value is -7.05. The van der Waals surface area contributed by atoms with Gasteiger partial charge in [-0.1, -0.05) is 115 Å². The molecule has 0 aliphatic heterocycles. The largest absolute Gasteiger partial charge is 0.456 e. The highest BCUT2D eigenvalue weighted by Gasteiger charge is 2.22. The zero-order valence-corrected chi connectivity index (χ0v) is 26.3. The van der Waals surface area contributed by atoms with Crippen molar-refractivity contribution in [2.45, 2.75) is 0 Å². The summed E-state index contributed by atoms with van der Waals surface area (Å²) in [7, 11) is 0. The first-order valence-electron chi connectivity index (χ1n) is 21.6. The van der Waals surface area contributed by atoms with Crippen LogP contribution < -0.4 is 0 Å². The Morgan fingerprint density at radius 2 is 1.25 bits per heavy atom. The Morgan fingerprint density at radius 3 is 2.14 bits per heavy atom. The summed E-state index contributed by atoms with van der Waals surface area (Å²) >= 11 is 0. The van der Waals surface area contributed by atoms with E-state index in [1.807, 2.05) is 60.7 Å². The van der Waals surface area contributed by atoms with Crippen molar-refractivity contribution in [3.63, 3.8) is 0 Å². The highest BCUT2D eigenvalue weighted by Crippen LogP contribution is 2.41. The maximum Gasteiger partial charge on any atom is 0.238 e. The average molecular weight is 666 g/mol. The van der Waals surface area contributed by atoms with E-state index in [0.29, 0.717) is 27.8 Å². The van der Waals surface area contributed by atoms with Gasteiger partial charge in [-0.3, -0.25) is 4.57 Å². The molecule has 0 radical (unpaired) electrons. The summed E-state index contributed by atoms with van der Waals surface area (Å²) in [5.74, 6) is -0.786. The number of hydrogen-bond donors (Lipinski definition) is 0. The molecule has 6 heteroatoms. The number of benzene rings is 7. The third-order valence-corrected chi connectivity index (χ3v) is 9.09. The monoisotopic (exact) mass is 665 g/mol. The molecular weight excluding hydrogens is 629 g/mol. The summed E-state index contributed by atoms with van der Waals surface area (Å²) in [6, 6.07) is 22.0. The summed E-state index contributed by atoms with van der Waals surface area (Å²) in [5.41, 5.74) is 2.18. The van der Waals surface area contributed by atoms with E-state index in [9.17, 15) is 4.11 Å². The molecule has 4 aromatic heterocycles. The van der Waals surface area contributed by atoms with E-state index in [1.54, 1.807) is 34.9 Å². The number of furan rings is 2. The van der Waals surface area contributed by atoms with Crippen molar-refractivity contribution in [2.75, 3.05) is 0 Å². The van der Waals surface area contributed by atoms with E-state index >= 15 is 0 Å². The van der Waals surface area contributed by atoms with Gasteiger partial charge in [-0.15, -0.1) is 0 Å². The second-order valence-electron chi connectivity index (χ2n) is 11.9. The van der Waals surface area contributed by atoms with Crippen molar-refractivity contribution in [2.24, 2.45) is 0 Å². The van der Waals surface area contributed by atoms with Crippen LogP contribution in [0, 0.1) is 0 Å². The maximum atomic E-state index is 9.58. The molecular formula is C45H26N4O2. The van der Waals surface area contributed by atoms with E-state index in [4.69, 9.17) is 29.8 Å². The van der Waals surface area contributed by atoms with Gasteiger partial charge in [-0.25, -0.2) is 4.98 Å². The summed E-state index contributed by atoms with van der Waals surface area (Å²) in [5, 5.41) is 3.39. The Kier molecular flexibility index (Phi) is 4.04. The number of rotatable bonds is 4. The van der Waals surface area contributed by atoms with Crippen LogP contribution in [0.4, 0.5) is 0 Å². The first-order valence-corrected chi connectivity index (χ1v) is 16.1. The zero-order chi connectivity index (χ0) is 43.0. The lowest BCUT2D eigenvalue weighted by Crippen LogP contribution is -2.06. The molecule has 0 atom stereocenters. The minimum Gasteiger partial charge on any atom is -0.456 e. The number of aromatic nitrogens is 4. The second kappa shape index (κ2) is 10.7. The van der Waals surface area contributed by atoms with E-state index in [2.05, 4.69) is 4.98 Å². The SMILES string of the molecule is [2H]c1c([2H])c([2H])c(-c2nc(-c3c([2H])c([2H])c4c(oc5c([2H])c([2H])c([2H])c(-c6ccccc6)c54)c3[2H])nc(-n3c4ccccc4c4c5oc6ccccc6c5ccc43)n2)c([2H])c1[2H]. The van der Waals surface area contributed by atoms with Crippen molar-refractivity contribution in [1.82, 2.24) is 19.5 Å². The number of para-hydroxylation sites is 2. The molecule has 0 aliphatic carbocycles. The van der Waals surface area contributed by atoms with Gasteiger partial charge in [-0.05, 0) is 53.5 Å². The van der Waals surface area contributed by atoms with Gasteiger partial charge in [-0.2, -0.15) is 9.97 Å². The summed E-state index contributed by atoms with van der Waals surface area (Å²) < 4.78 is 112. The molecule has 4 heterocycles. The zero-order valence-electron chi connectivity index (χ0n) is 37.3. The summed E-state index contributed by atoms with van der Waals surface area (Å²) in [6.07, 6.45) is 0. The van der Waals surface area contributed by atoms with Crippen molar-refractivity contribution >= 4 is 65.7 Å². The smallest absolute Gasteiger partial charge is 0.238 e. The fourth-order valence-corrected chi connectivity index (χ4v) is 6.88. The van der Waals surface area contributed by atoms with E-state index in [1.165, 1.54) is 0 Å². The van der Waals surface area contributed by atoms with Gasteiger partial charge in [0.1, 0.15) is 22.3 Å². The molecule has 0 amide bonds. The van der Waals surface area contributed by atoms with Crippen LogP contribution in [-0.4, -0.2) is 19.5 Å². The van der Waals surface area contributed by atoms with E-state index in [-0.39, 0.29) is 62.3 Å². The number of nitrogens with zero attached hydrogens (tertiary/aromatic N) is 4. The first-order chi connectivity index (χ1) is 29.9. The maximum absolute atomic E-state index is 9.58. The van der Waals surface area contributed by atoms with E-state index < -0.39 is 60.4 Å². The molecule has 11 rings (SSSR count). The van der Waals surface area contributed by atoms with Crippen LogP contribution >= 0.6 is 0 Å². The highest BCUT2D eigenvalue weighted by molar-refractivity contribution is 6.23. The quantitative estimate of drug-likeness (QED) is 0.187. The summed E-state index contributed by atoms with van der Waals surface area (Å²) in [6.45, 7) is 0. The van der Waals surface area contributed by atoms with Crippen LogP contribution in [0.25, 0.3) is 106 Å². The van der Waals surface area contributed by atoms with Gasteiger partial charge in [0.25, 0.3) is 0 Å². The molecule has 0 aliphatic rings. The molecule has 7 aromatic carbocycles. The Labute approximate surface area is 306 Å². The minimum absolute atomic E-state index is 0.0167. The molecule has 0 saturated heterocycles. The third kappa shape index (κ3) is 4.20. The average Bonchev–Trinajstić information content (AvgIpc) is 3.97. The Bertz CT molecular complexity index is 3760. The fraction of sp³-hybridized carbons (Fsp3) is 0. The standard InChI is InChI=1S/C45H26N4O2/c1-3-12-27(13-4-1)30-18-11-21-38-40(30)34-23-22-29(26-39(34)50-38)44-46-43(28-14-5-2-6-15-28)47-45(48-44)49-35-19-9-7-17-33(35)41-36(49)25-24-32-31-16-8-10-20-37(31)51-42(32)41/h1-26H/i2D,5D,6D,11D,14D,15D,18D,21D,22D,23D,26D. The number of fused-ring (bicyclic) bond motifs is 10. The minimum atomic E-state index is -0.629. The first kappa shape index (κ1) is 19.2. The molecule has 0 N–H and O–H groups in total. The third-order valence-electron chi connectivity index (χ3n) is 9.09. The number of hydrogen-bond acceptors (Lipinski definition) is 5. The predicted molar refractivity (Wildman–Crippen MR) is 205 cm³/mol. The fourth-order valence-electron chi connectivity index (χ4n) is 6.88. The molecule has 0 saturated carbocycles. The molecule has 11 aromatic rings. The normalized spacial score (nSPS) is 14.9. The van der Waals surface area contributed by atoms with Crippen molar-refractivity contribution in [3.8, 4) is 39.9 Å². The Balaban J connectivity index is 1.26. The lowest BCUT2D eigenvalue weighted by atomic mass is 9.99. The van der Waals surface area contributed by atoms with Crippen LogP contribution in [0.15, 0.2) is 166 Å². The molecule has 51 heavy (non-hydrogen) atoms. The lowest BCUT2D eigenvalue weighted by Gasteiger charge is -2.11. The molecule has 6 nitrogen and oxygen atoms in total. The molecule has 0 spiro atoms. The van der Waals surface area contributed by atoms with Crippen LogP contribution in [-0.2, 0) is 0 Å². The van der Waals surface area contributed by atoms with Crippen LogP contribution in [0.3, 0.4) is 0 Å². The van der Waals surface area contributed by atoms with Crippen LogP contribution in [0.1, 0.15) is 15.1 Å². The summed E-state index contributed by atoms with van der Waals surface area (Å²) in [4.78, 5) is 14.2. The van der Waals surface area contributed by atoms with Crippen molar-refractivity contribution < 1.29 is 23.9 Å². The van der Waals surface area contributed by atoms with Crippen molar-refractivity contribution in [3.05, 3.63) is 157 Å². The highest BCUT2D eigenvalue weighted by atomic mass is 16.3. The van der Waals surface area contributed by atoms with Gasteiger partial charge in [0.2, 0.25) is 5.95 Å². The Morgan fingerprint density at radius 1 is 0.471 bits per heavy atom. The van der Waals surface area contributed by atoms with Crippen LogP contribution in [0.2, 0.25) is 0 Å². The van der Waals surface area contributed by atoms with Gasteiger partial charge < -0.3 is 8.83 Å². The molecule has 0 fully saturated rings. The van der Waals surface area contributed by atoms with Gasteiger partial charge in [0, 0.05) is 38.1 Å². The predicted octanol–water partition coefficient (Wildman–Crippen LogP) is 11.8.